The average molecular weight is 293 g/mol. The molecule has 1 aliphatic rings. The van der Waals surface area contributed by atoms with Crippen LogP contribution >= 0.6 is 0 Å². The fourth-order valence-electron chi connectivity index (χ4n) is 2.32. The van der Waals surface area contributed by atoms with Crippen molar-refractivity contribution in [2.75, 3.05) is 31.6 Å². The lowest BCUT2D eigenvalue weighted by Gasteiger charge is -2.29. The number of amides is 1. The van der Waals surface area contributed by atoms with Crippen molar-refractivity contribution in [3.05, 3.63) is 33.9 Å². The number of carbonyl (C=O) groups excluding carboxylic acids is 1. The van der Waals surface area contributed by atoms with Crippen molar-refractivity contribution in [3.8, 4) is 0 Å². The molecule has 1 atom stereocenters. The van der Waals surface area contributed by atoms with Gasteiger partial charge in [-0.15, -0.1) is 0 Å². The van der Waals surface area contributed by atoms with Gasteiger partial charge in [-0.2, -0.15) is 0 Å². The molecule has 1 unspecified atom stereocenters. The van der Waals surface area contributed by atoms with Gasteiger partial charge in [-0.3, -0.25) is 14.9 Å². The third-order valence-electron chi connectivity index (χ3n) is 3.47. The minimum atomic E-state index is -0.415. The van der Waals surface area contributed by atoms with Crippen LogP contribution in [0.15, 0.2) is 18.2 Å². The Labute approximate surface area is 123 Å². The molecular weight excluding hydrogens is 274 g/mol. The second kappa shape index (κ2) is 6.53. The van der Waals surface area contributed by atoms with E-state index in [0.717, 1.165) is 0 Å². The van der Waals surface area contributed by atoms with Crippen LogP contribution in [0.4, 0.5) is 11.4 Å². The van der Waals surface area contributed by atoms with Gasteiger partial charge in [-0.25, -0.2) is 0 Å². The highest BCUT2D eigenvalue weighted by Crippen LogP contribution is 2.22. The van der Waals surface area contributed by atoms with E-state index in [1.807, 2.05) is 0 Å². The Morgan fingerprint density at radius 2 is 2.10 bits per heavy atom. The molecule has 0 spiro atoms. The van der Waals surface area contributed by atoms with Gasteiger partial charge in [0.2, 0.25) is 5.91 Å². The Balaban J connectivity index is 2.01. The van der Waals surface area contributed by atoms with Gasteiger partial charge in [-0.05, 0) is 26.0 Å². The van der Waals surface area contributed by atoms with E-state index >= 15 is 0 Å². The maximum Gasteiger partial charge on any atom is 0.272 e. The van der Waals surface area contributed by atoms with E-state index in [4.69, 9.17) is 4.74 Å². The molecule has 7 heteroatoms. The van der Waals surface area contributed by atoms with Crippen LogP contribution in [0, 0.1) is 17.0 Å². The molecule has 0 saturated carbocycles. The molecule has 1 aromatic rings. The maximum atomic E-state index is 12.3. The molecule has 0 aromatic heterocycles. The average Bonchev–Trinajstić information content (AvgIpc) is 2.47. The first-order chi connectivity index (χ1) is 9.99. The predicted octanol–water partition coefficient (Wildman–Crippen LogP) is 1.56. The molecule has 1 saturated heterocycles. The molecule has 114 valence electrons. The van der Waals surface area contributed by atoms with Crippen LogP contribution in [0.3, 0.4) is 0 Å². The van der Waals surface area contributed by atoms with Gasteiger partial charge in [0.05, 0.1) is 18.1 Å². The minimum Gasteiger partial charge on any atom is -0.378 e. The van der Waals surface area contributed by atoms with E-state index in [0.29, 0.717) is 37.6 Å². The normalized spacial score (nSPS) is 16.4. The number of morpholine rings is 1. The number of hydrogen-bond acceptors (Lipinski definition) is 5. The standard InChI is InChI=1S/C14H19N3O4/c1-10-9-12(3-4-13(10)17(19)20)15-11(2)14(18)16-5-7-21-8-6-16/h3-4,9,11,15H,5-8H2,1-2H3. The third-order valence-corrected chi connectivity index (χ3v) is 3.47. The summed E-state index contributed by atoms with van der Waals surface area (Å²) in [5, 5.41) is 13.9. The van der Waals surface area contributed by atoms with Crippen LogP contribution in [-0.4, -0.2) is 48.1 Å². The Morgan fingerprint density at radius 1 is 1.43 bits per heavy atom. The Bertz CT molecular complexity index is 541. The third kappa shape index (κ3) is 3.69. The molecule has 1 fully saturated rings. The Hall–Kier alpha value is -2.15. The molecule has 0 aliphatic carbocycles. The monoisotopic (exact) mass is 293 g/mol. The van der Waals surface area contributed by atoms with Gasteiger partial charge in [0, 0.05) is 30.4 Å². The largest absolute Gasteiger partial charge is 0.378 e. The minimum absolute atomic E-state index is 0.00862. The summed E-state index contributed by atoms with van der Waals surface area (Å²) in [4.78, 5) is 24.4. The molecule has 7 nitrogen and oxygen atoms in total. The van der Waals surface area contributed by atoms with Crippen molar-refractivity contribution in [3.63, 3.8) is 0 Å². The van der Waals surface area contributed by atoms with E-state index in [2.05, 4.69) is 5.32 Å². The molecule has 1 heterocycles. The summed E-state index contributed by atoms with van der Waals surface area (Å²) in [5.41, 5.74) is 1.34. The fraction of sp³-hybridized carbons (Fsp3) is 0.500. The van der Waals surface area contributed by atoms with Gasteiger partial charge in [0.15, 0.2) is 0 Å². The molecule has 1 aliphatic heterocycles. The van der Waals surface area contributed by atoms with Gasteiger partial charge >= 0.3 is 0 Å². The number of nitro benzene ring substituents is 1. The molecule has 1 N–H and O–H groups in total. The number of nitrogens with zero attached hydrogens (tertiary/aromatic N) is 2. The van der Waals surface area contributed by atoms with Crippen molar-refractivity contribution >= 4 is 17.3 Å². The van der Waals surface area contributed by atoms with Crippen molar-refractivity contribution in [1.29, 1.82) is 0 Å². The molecule has 1 amide bonds. The number of carbonyl (C=O) groups is 1. The van der Waals surface area contributed by atoms with Crippen LogP contribution in [0.1, 0.15) is 12.5 Å². The number of aryl methyl sites for hydroxylation is 1. The first-order valence-corrected chi connectivity index (χ1v) is 6.87. The zero-order valence-electron chi connectivity index (χ0n) is 12.2. The number of rotatable bonds is 4. The summed E-state index contributed by atoms with van der Waals surface area (Å²) < 4.78 is 5.22. The predicted molar refractivity (Wildman–Crippen MR) is 78.3 cm³/mol. The second-order valence-electron chi connectivity index (χ2n) is 5.06. The molecule has 0 bridgehead atoms. The van der Waals surface area contributed by atoms with Crippen LogP contribution in [0.2, 0.25) is 0 Å². The van der Waals surface area contributed by atoms with Crippen LogP contribution < -0.4 is 5.32 Å². The van der Waals surface area contributed by atoms with E-state index in [1.165, 1.54) is 6.07 Å². The van der Waals surface area contributed by atoms with Crippen LogP contribution in [0.5, 0.6) is 0 Å². The summed E-state index contributed by atoms with van der Waals surface area (Å²) in [6.07, 6.45) is 0. The second-order valence-corrected chi connectivity index (χ2v) is 5.06. The Morgan fingerprint density at radius 3 is 2.67 bits per heavy atom. The Kier molecular flexibility index (Phi) is 4.74. The topological polar surface area (TPSA) is 84.7 Å². The van der Waals surface area contributed by atoms with E-state index < -0.39 is 4.92 Å². The number of anilines is 1. The zero-order chi connectivity index (χ0) is 15.4. The number of benzene rings is 1. The first kappa shape index (κ1) is 15.2. The van der Waals surface area contributed by atoms with Gasteiger partial charge in [0.1, 0.15) is 6.04 Å². The number of ether oxygens (including phenoxy) is 1. The van der Waals surface area contributed by atoms with Crippen molar-refractivity contribution in [2.45, 2.75) is 19.9 Å². The van der Waals surface area contributed by atoms with Gasteiger partial charge in [-0.1, -0.05) is 0 Å². The zero-order valence-corrected chi connectivity index (χ0v) is 12.2. The molecular formula is C14H19N3O4. The van der Waals surface area contributed by atoms with E-state index in [9.17, 15) is 14.9 Å². The molecule has 0 radical (unpaired) electrons. The van der Waals surface area contributed by atoms with Crippen molar-refractivity contribution in [1.82, 2.24) is 4.90 Å². The fourth-order valence-corrected chi connectivity index (χ4v) is 2.32. The highest BCUT2D eigenvalue weighted by Gasteiger charge is 2.22. The summed E-state index contributed by atoms with van der Waals surface area (Å²) >= 11 is 0. The number of nitro groups is 1. The maximum absolute atomic E-state index is 12.3. The summed E-state index contributed by atoms with van der Waals surface area (Å²) in [6, 6.07) is 4.36. The smallest absolute Gasteiger partial charge is 0.272 e. The SMILES string of the molecule is Cc1cc(NC(C)C(=O)N2CCOCC2)ccc1[N+](=O)[O-]. The molecule has 1 aromatic carbocycles. The summed E-state index contributed by atoms with van der Waals surface area (Å²) in [5.74, 6) is 0.00862. The van der Waals surface area contributed by atoms with E-state index in [-0.39, 0.29) is 17.6 Å². The summed E-state index contributed by atoms with van der Waals surface area (Å²) in [6.45, 7) is 5.80. The lowest BCUT2D eigenvalue weighted by molar-refractivity contribution is -0.385. The molecule has 21 heavy (non-hydrogen) atoms. The first-order valence-electron chi connectivity index (χ1n) is 6.87. The van der Waals surface area contributed by atoms with Crippen LogP contribution in [-0.2, 0) is 9.53 Å². The highest BCUT2D eigenvalue weighted by atomic mass is 16.6. The van der Waals surface area contributed by atoms with Gasteiger partial charge in [0.25, 0.3) is 5.69 Å². The lowest BCUT2D eigenvalue weighted by Crippen LogP contribution is -2.47. The lowest BCUT2D eigenvalue weighted by atomic mass is 10.1. The van der Waals surface area contributed by atoms with Crippen molar-refractivity contribution in [2.24, 2.45) is 0 Å². The number of nitrogens with one attached hydrogen (secondary N) is 1. The van der Waals surface area contributed by atoms with Gasteiger partial charge < -0.3 is 15.0 Å². The quantitative estimate of drug-likeness (QED) is 0.672. The molecule has 2 rings (SSSR count). The summed E-state index contributed by atoms with van der Waals surface area (Å²) in [7, 11) is 0. The van der Waals surface area contributed by atoms with Crippen molar-refractivity contribution < 1.29 is 14.5 Å². The highest BCUT2D eigenvalue weighted by molar-refractivity contribution is 5.84. The van der Waals surface area contributed by atoms with E-state index in [1.54, 1.807) is 30.9 Å². The number of hydrogen-bond donors (Lipinski definition) is 1. The van der Waals surface area contributed by atoms with Crippen LogP contribution in [0.25, 0.3) is 0 Å².